The molecular weight excluding hydrogens is 469 g/mol. The van der Waals surface area contributed by atoms with Crippen LogP contribution in [0.2, 0.25) is 0 Å². The van der Waals surface area contributed by atoms with Crippen LogP contribution in [0.3, 0.4) is 0 Å². The average molecular weight is 494 g/mol. The van der Waals surface area contributed by atoms with Crippen molar-refractivity contribution in [3.63, 3.8) is 0 Å². The first kappa shape index (κ1) is 24.2. The number of para-hydroxylation sites is 1. The third-order valence-corrected chi connectivity index (χ3v) is 7.23. The van der Waals surface area contributed by atoms with E-state index in [0.29, 0.717) is 5.56 Å². The van der Waals surface area contributed by atoms with Gasteiger partial charge in [0.25, 0.3) is 10.0 Å². The van der Waals surface area contributed by atoms with E-state index in [1.165, 1.54) is 36.1 Å². The standard InChI is InChI=1S/C26H24FN3O4S/c1-17-11-12-20(15-25(17)35(33,34)29-23-10-6-5-9-22(23)27)28-26(32)16-24-21-8-4-3-7-19(21)13-14-30(24)18(2)31/h3-15,24,29H,16H2,1-2H3,(H,28,32)/t24-/m0/s1. The van der Waals surface area contributed by atoms with E-state index in [1.807, 2.05) is 30.3 Å². The van der Waals surface area contributed by atoms with Crippen molar-refractivity contribution in [3.05, 3.63) is 95.4 Å². The number of carbonyl (C=O) groups excluding carboxylic acids is 2. The summed E-state index contributed by atoms with van der Waals surface area (Å²) < 4.78 is 42.1. The number of amides is 2. The van der Waals surface area contributed by atoms with Crippen LogP contribution >= 0.6 is 0 Å². The predicted molar refractivity (Wildman–Crippen MR) is 132 cm³/mol. The lowest BCUT2D eigenvalue weighted by Gasteiger charge is -2.32. The van der Waals surface area contributed by atoms with Gasteiger partial charge in [-0.15, -0.1) is 0 Å². The van der Waals surface area contributed by atoms with Gasteiger partial charge in [0.15, 0.2) is 0 Å². The largest absolute Gasteiger partial charge is 0.326 e. The molecule has 1 heterocycles. The fourth-order valence-electron chi connectivity index (χ4n) is 4.01. The fraction of sp³-hybridized carbons (Fsp3) is 0.154. The molecule has 0 fully saturated rings. The summed E-state index contributed by atoms with van der Waals surface area (Å²) in [5.74, 6) is -1.29. The Morgan fingerprint density at radius 2 is 1.74 bits per heavy atom. The summed E-state index contributed by atoms with van der Waals surface area (Å²) in [6.45, 7) is 3.04. The summed E-state index contributed by atoms with van der Waals surface area (Å²) >= 11 is 0. The molecule has 1 atom stereocenters. The molecule has 0 aliphatic carbocycles. The highest BCUT2D eigenvalue weighted by atomic mass is 32.2. The number of anilines is 2. The number of benzene rings is 3. The van der Waals surface area contributed by atoms with Crippen molar-refractivity contribution in [2.24, 2.45) is 0 Å². The second-order valence-corrected chi connectivity index (χ2v) is 9.86. The van der Waals surface area contributed by atoms with Gasteiger partial charge in [-0.1, -0.05) is 42.5 Å². The maximum Gasteiger partial charge on any atom is 0.262 e. The molecular formula is C26H24FN3O4S. The van der Waals surface area contributed by atoms with Crippen LogP contribution in [0.25, 0.3) is 6.08 Å². The molecule has 4 rings (SSSR count). The smallest absolute Gasteiger partial charge is 0.262 e. The Morgan fingerprint density at radius 3 is 2.49 bits per heavy atom. The highest BCUT2D eigenvalue weighted by Gasteiger charge is 2.28. The maximum atomic E-state index is 14.0. The number of hydrogen-bond donors (Lipinski definition) is 2. The van der Waals surface area contributed by atoms with E-state index >= 15 is 0 Å². The number of rotatable bonds is 6. The molecule has 3 aromatic carbocycles. The number of carbonyl (C=O) groups is 2. The molecule has 0 bridgehead atoms. The van der Waals surface area contributed by atoms with Gasteiger partial charge in [0, 0.05) is 18.8 Å². The van der Waals surface area contributed by atoms with Crippen molar-refractivity contribution in [2.75, 3.05) is 10.0 Å². The zero-order valence-corrected chi connectivity index (χ0v) is 20.0. The van der Waals surface area contributed by atoms with Gasteiger partial charge in [-0.2, -0.15) is 0 Å². The van der Waals surface area contributed by atoms with Gasteiger partial charge >= 0.3 is 0 Å². The Labute approximate surface area is 203 Å². The van der Waals surface area contributed by atoms with E-state index < -0.39 is 21.9 Å². The number of nitrogens with zero attached hydrogens (tertiary/aromatic N) is 1. The van der Waals surface area contributed by atoms with Crippen molar-refractivity contribution in [3.8, 4) is 0 Å². The second kappa shape index (κ2) is 9.71. The summed E-state index contributed by atoms with van der Waals surface area (Å²) in [7, 11) is -4.12. The Bertz CT molecular complexity index is 1440. The lowest BCUT2D eigenvalue weighted by Crippen LogP contribution is -2.33. The Kier molecular flexibility index (Phi) is 6.70. The first-order chi connectivity index (χ1) is 16.7. The van der Waals surface area contributed by atoms with Gasteiger partial charge in [0.1, 0.15) is 5.82 Å². The second-order valence-electron chi connectivity index (χ2n) is 8.20. The van der Waals surface area contributed by atoms with Crippen molar-refractivity contribution in [2.45, 2.75) is 31.2 Å². The molecule has 1 aliphatic heterocycles. The van der Waals surface area contributed by atoms with Crippen LogP contribution in [0.4, 0.5) is 15.8 Å². The molecule has 0 aromatic heterocycles. The molecule has 1 aliphatic rings. The number of sulfonamides is 1. The zero-order valence-electron chi connectivity index (χ0n) is 19.2. The molecule has 3 aromatic rings. The highest BCUT2D eigenvalue weighted by molar-refractivity contribution is 7.92. The number of hydrogen-bond acceptors (Lipinski definition) is 4. The molecule has 9 heteroatoms. The van der Waals surface area contributed by atoms with E-state index in [2.05, 4.69) is 10.0 Å². The lowest BCUT2D eigenvalue weighted by atomic mass is 9.93. The van der Waals surface area contributed by atoms with Crippen molar-refractivity contribution < 1.29 is 22.4 Å². The molecule has 0 saturated carbocycles. The van der Waals surface area contributed by atoms with Crippen LogP contribution in [0.5, 0.6) is 0 Å². The van der Waals surface area contributed by atoms with Gasteiger partial charge in [-0.05, 0) is 54.0 Å². The number of halogens is 1. The van der Waals surface area contributed by atoms with Crippen LogP contribution < -0.4 is 10.0 Å². The molecule has 2 N–H and O–H groups in total. The molecule has 7 nitrogen and oxygen atoms in total. The van der Waals surface area contributed by atoms with E-state index in [0.717, 1.165) is 17.2 Å². The molecule has 0 saturated heterocycles. The van der Waals surface area contributed by atoms with Gasteiger partial charge in [0.05, 0.1) is 23.0 Å². The molecule has 35 heavy (non-hydrogen) atoms. The summed E-state index contributed by atoms with van der Waals surface area (Å²) in [4.78, 5) is 26.5. The molecule has 0 unspecified atom stereocenters. The first-order valence-corrected chi connectivity index (χ1v) is 12.4. The number of nitrogens with one attached hydrogen (secondary N) is 2. The molecule has 2 amide bonds. The minimum atomic E-state index is -4.12. The minimum Gasteiger partial charge on any atom is -0.326 e. The number of aryl methyl sites for hydroxylation is 1. The van der Waals surface area contributed by atoms with Crippen molar-refractivity contribution >= 4 is 39.3 Å². The van der Waals surface area contributed by atoms with Crippen molar-refractivity contribution in [1.29, 1.82) is 0 Å². The van der Waals surface area contributed by atoms with Crippen LogP contribution in [0, 0.1) is 12.7 Å². The average Bonchev–Trinajstić information content (AvgIpc) is 2.81. The third kappa shape index (κ3) is 5.25. The fourth-order valence-corrected chi connectivity index (χ4v) is 5.35. The zero-order chi connectivity index (χ0) is 25.2. The summed E-state index contributed by atoms with van der Waals surface area (Å²) in [6, 6.07) is 17.0. The molecule has 0 spiro atoms. The highest BCUT2D eigenvalue weighted by Crippen LogP contribution is 2.33. The topological polar surface area (TPSA) is 95.6 Å². The van der Waals surface area contributed by atoms with Crippen molar-refractivity contribution in [1.82, 2.24) is 4.90 Å². The van der Waals surface area contributed by atoms with Crippen LogP contribution in [-0.4, -0.2) is 25.1 Å². The quantitative estimate of drug-likeness (QED) is 0.514. The van der Waals surface area contributed by atoms with Gasteiger partial charge < -0.3 is 10.2 Å². The summed E-state index contributed by atoms with van der Waals surface area (Å²) in [5, 5.41) is 2.73. The van der Waals surface area contributed by atoms with Gasteiger partial charge in [-0.25, -0.2) is 12.8 Å². The molecule has 180 valence electrons. The van der Waals surface area contributed by atoms with Crippen LogP contribution in [0.15, 0.2) is 77.8 Å². The van der Waals surface area contributed by atoms with Crippen LogP contribution in [-0.2, 0) is 19.6 Å². The normalized spacial score (nSPS) is 14.8. The van der Waals surface area contributed by atoms with E-state index in [4.69, 9.17) is 0 Å². The lowest BCUT2D eigenvalue weighted by molar-refractivity contribution is -0.129. The van der Waals surface area contributed by atoms with Gasteiger partial charge in [0.2, 0.25) is 11.8 Å². The van der Waals surface area contributed by atoms with E-state index in [-0.39, 0.29) is 34.5 Å². The Morgan fingerprint density at radius 1 is 1.03 bits per heavy atom. The minimum absolute atomic E-state index is 0.0234. The Hall–Kier alpha value is -3.98. The first-order valence-electron chi connectivity index (χ1n) is 10.9. The third-order valence-electron chi connectivity index (χ3n) is 5.73. The maximum absolute atomic E-state index is 14.0. The van der Waals surface area contributed by atoms with E-state index in [9.17, 15) is 22.4 Å². The SMILES string of the molecule is CC(=O)N1C=Cc2ccccc2[C@@H]1CC(=O)Nc1ccc(C)c(S(=O)(=O)Nc2ccccc2F)c1. The molecule has 0 radical (unpaired) electrons. The van der Waals surface area contributed by atoms with Crippen LogP contribution in [0.1, 0.15) is 36.1 Å². The monoisotopic (exact) mass is 493 g/mol. The van der Waals surface area contributed by atoms with E-state index in [1.54, 1.807) is 25.3 Å². The van der Waals surface area contributed by atoms with Gasteiger partial charge in [-0.3, -0.25) is 14.3 Å². The number of fused-ring (bicyclic) bond motifs is 1. The Balaban J connectivity index is 1.55. The summed E-state index contributed by atoms with van der Waals surface area (Å²) in [6.07, 6.45) is 3.46. The predicted octanol–water partition coefficient (Wildman–Crippen LogP) is 4.84. The summed E-state index contributed by atoms with van der Waals surface area (Å²) in [5.41, 5.74) is 2.30.